The van der Waals surface area contributed by atoms with Crippen molar-refractivity contribution in [2.45, 2.75) is 51.0 Å². The number of nitrogens with one attached hydrogen (secondary N) is 1. The summed E-state index contributed by atoms with van der Waals surface area (Å²) in [4.78, 5) is 11.2. The van der Waals surface area contributed by atoms with Crippen LogP contribution >= 0.6 is 0 Å². The molecule has 2 rings (SSSR count). The molecule has 1 fully saturated rings. The Kier molecular flexibility index (Phi) is 3.98. The monoisotopic (exact) mass is 276 g/mol. The maximum atomic E-state index is 11.2. The number of nitrogens with zero attached hydrogens (tertiary/aromatic N) is 3. The zero-order valence-electron chi connectivity index (χ0n) is 11.9. The van der Waals surface area contributed by atoms with Crippen molar-refractivity contribution >= 4 is 11.8 Å². The predicted octanol–water partition coefficient (Wildman–Crippen LogP) is 2.19. The number of carboxylic acids is 1. The fourth-order valence-electron chi connectivity index (χ4n) is 3.05. The van der Waals surface area contributed by atoms with E-state index < -0.39 is 11.5 Å². The Morgan fingerprint density at radius 2 is 2.15 bits per heavy atom. The highest BCUT2D eigenvalue weighted by atomic mass is 16.4. The van der Waals surface area contributed by atoms with Crippen LogP contribution in [0.25, 0.3) is 0 Å². The number of rotatable bonds is 4. The van der Waals surface area contributed by atoms with E-state index >= 15 is 0 Å². The van der Waals surface area contributed by atoms with Gasteiger partial charge < -0.3 is 10.4 Å². The van der Waals surface area contributed by atoms with Gasteiger partial charge in [0.15, 0.2) is 0 Å². The van der Waals surface area contributed by atoms with Gasteiger partial charge >= 0.3 is 5.97 Å². The standard InChI is InChI=1S/C14H20N4O2/c1-10-11(9-15)13(18(2)17-10)16-14(8-12(19)20)6-4-3-5-7-14/h16H,3-8H2,1-2H3,(H,19,20). The van der Waals surface area contributed by atoms with Gasteiger partial charge in [0, 0.05) is 12.6 Å². The van der Waals surface area contributed by atoms with Crippen molar-refractivity contribution in [2.24, 2.45) is 7.05 Å². The lowest BCUT2D eigenvalue weighted by Gasteiger charge is -2.37. The molecule has 1 aliphatic rings. The molecule has 0 atom stereocenters. The second kappa shape index (κ2) is 5.53. The second-order valence-electron chi connectivity index (χ2n) is 5.58. The van der Waals surface area contributed by atoms with Gasteiger partial charge in [0.25, 0.3) is 0 Å². The van der Waals surface area contributed by atoms with Crippen LogP contribution < -0.4 is 5.32 Å². The van der Waals surface area contributed by atoms with Crippen molar-refractivity contribution in [2.75, 3.05) is 5.32 Å². The van der Waals surface area contributed by atoms with Gasteiger partial charge in [-0.3, -0.25) is 9.48 Å². The zero-order chi connectivity index (χ0) is 14.8. The van der Waals surface area contributed by atoms with E-state index in [1.165, 1.54) is 0 Å². The van der Waals surface area contributed by atoms with Gasteiger partial charge in [0.1, 0.15) is 17.5 Å². The third-order valence-electron chi connectivity index (χ3n) is 4.02. The SMILES string of the molecule is Cc1nn(C)c(NC2(CC(=O)O)CCCCC2)c1C#N. The summed E-state index contributed by atoms with van der Waals surface area (Å²) in [6.45, 7) is 1.79. The number of hydrogen-bond donors (Lipinski definition) is 2. The maximum Gasteiger partial charge on any atom is 0.305 e. The zero-order valence-corrected chi connectivity index (χ0v) is 11.9. The van der Waals surface area contributed by atoms with E-state index in [9.17, 15) is 15.2 Å². The molecular weight excluding hydrogens is 256 g/mol. The molecule has 1 saturated carbocycles. The molecule has 1 aliphatic carbocycles. The maximum absolute atomic E-state index is 11.2. The van der Waals surface area contributed by atoms with Crippen molar-refractivity contribution in [3.63, 3.8) is 0 Å². The van der Waals surface area contributed by atoms with Gasteiger partial charge in [-0.1, -0.05) is 19.3 Å². The van der Waals surface area contributed by atoms with Crippen molar-refractivity contribution < 1.29 is 9.90 Å². The largest absolute Gasteiger partial charge is 0.481 e. The second-order valence-corrected chi connectivity index (χ2v) is 5.58. The van der Waals surface area contributed by atoms with Gasteiger partial charge in [-0.25, -0.2) is 0 Å². The van der Waals surface area contributed by atoms with Gasteiger partial charge in [-0.2, -0.15) is 10.4 Å². The number of aromatic nitrogens is 2. The van der Waals surface area contributed by atoms with Gasteiger partial charge in [0.05, 0.1) is 12.1 Å². The van der Waals surface area contributed by atoms with Crippen LogP contribution in [0.2, 0.25) is 0 Å². The Labute approximate surface area is 118 Å². The third kappa shape index (κ3) is 2.77. The van der Waals surface area contributed by atoms with Gasteiger partial charge in [-0.05, 0) is 19.8 Å². The number of carboxylic acid groups (broad SMARTS) is 1. The van der Waals surface area contributed by atoms with Crippen molar-refractivity contribution in [1.29, 1.82) is 5.26 Å². The number of carbonyl (C=O) groups is 1. The first kappa shape index (κ1) is 14.4. The minimum absolute atomic E-state index is 0.0715. The van der Waals surface area contributed by atoms with Crippen molar-refractivity contribution in [1.82, 2.24) is 9.78 Å². The average Bonchev–Trinajstić information content (AvgIpc) is 2.63. The van der Waals surface area contributed by atoms with E-state index in [2.05, 4.69) is 16.5 Å². The molecule has 20 heavy (non-hydrogen) atoms. The summed E-state index contributed by atoms with van der Waals surface area (Å²) in [7, 11) is 1.77. The number of hydrogen-bond acceptors (Lipinski definition) is 4. The highest BCUT2D eigenvalue weighted by Gasteiger charge is 2.36. The van der Waals surface area contributed by atoms with E-state index in [4.69, 9.17) is 0 Å². The summed E-state index contributed by atoms with van der Waals surface area (Å²) in [6, 6.07) is 2.15. The van der Waals surface area contributed by atoms with Crippen molar-refractivity contribution in [3.8, 4) is 6.07 Å². The van der Waals surface area contributed by atoms with E-state index in [1.54, 1.807) is 18.7 Å². The number of aryl methyl sites for hydroxylation is 2. The summed E-state index contributed by atoms with van der Waals surface area (Å²) < 4.78 is 1.63. The highest BCUT2D eigenvalue weighted by molar-refractivity contribution is 5.70. The first-order valence-corrected chi connectivity index (χ1v) is 6.91. The molecule has 0 aromatic carbocycles. The van der Waals surface area contributed by atoms with Crippen LogP contribution in [0.15, 0.2) is 0 Å². The van der Waals surface area contributed by atoms with Crippen LogP contribution in [-0.2, 0) is 11.8 Å². The van der Waals surface area contributed by atoms with Crippen LogP contribution in [0.4, 0.5) is 5.82 Å². The van der Waals surface area contributed by atoms with Crippen LogP contribution in [0.5, 0.6) is 0 Å². The molecule has 6 nitrogen and oxygen atoms in total. The first-order valence-electron chi connectivity index (χ1n) is 6.91. The van der Waals surface area contributed by atoms with Crippen LogP contribution in [0.3, 0.4) is 0 Å². The normalized spacial score (nSPS) is 17.4. The first-order chi connectivity index (χ1) is 9.47. The molecule has 0 unspecified atom stereocenters. The Morgan fingerprint density at radius 3 is 2.70 bits per heavy atom. The molecule has 0 bridgehead atoms. The fourth-order valence-corrected chi connectivity index (χ4v) is 3.05. The third-order valence-corrected chi connectivity index (χ3v) is 4.02. The van der Waals surface area contributed by atoms with Gasteiger partial charge in [0.2, 0.25) is 0 Å². The fraction of sp³-hybridized carbons (Fsp3) is 0.643. The van der Waals surface area contributed by atoms with E-state index in [0.29, 0.717) is 17.1 Å². The van der Waals surface area contributed by atoms with Gasteiger partial charge in [-0.15, -0.1) is 0 Å². The highest BCUT2D eigenvalue weighted by Crippen LogP contribution is 2.35. The molecular formula is C14H20N4O2. The van der Waals surface area contributed by atoms with Crippen molar-refractivity contribution in [3.05, 3.63) is 11.3 Å². The van der Waals surface area contributed by atoms with Crippen LogP contribution in [-0.4, -0.2) is 26.4 Å². The number of aliphatic carboxylic acids is 1. The lowest BCUT2D eigenvalue weighted by molar-refractivity contribution is -0.138. The molecule has 1 aromatic heterocycles. The summed E-state index contributed by atoms with van der Waals surface area (Å²) in [5.74, 6) is -0.176. The summed E-state index contributed by atoms with van der Waals surface area (Å²) in [5, 5.41) is 26.0. The smallest absolute Gasteiger partial charge is 0.305 e. The molecule has 108 valence electrons. The molecule has 2 N–H and O–H groups in total. The Balaban J connectivity index is 2.33. The van der Waals surface area contributed by atoms with E-state index in [0.717, 1.165) is 32.1 Å². The van der Waals surface area contributed by atoms with Crippen LogP contribution in [0.1, 0.15) is 49.8 Å². The topological polar surface area (TPSA) is 90.9 Å². The van der Waals surface area contributed by atoms with E-state index in [1.807, 2.05) is 0 Å². The number of anilines is 1. The Bertz CT molecular complexity index is 550. The summed E-state index contributed by atoms with van der Waals surface area (Å²) >= 11 is 0. The molecule has 0 radical (unpaired) electrons. The lowest BCUT2D eigenvalue weighted by Crippen LogP contribution is -2.43. The van der Waals surface area contributed by atoms with E-state index in [-0.39, 0.29) is 6.42 Å². The lowest BCUT2D eigenvalue weighted by atomic mass is 9.79. The molecule has 0 spiro atoms. The number of nitriles is 1. The summed E-state index contributed by atoms with van der Waals surface area (Å²) in [5.41, 5.74) is 0.706. The molecule has 0 saturated heterocycles. The molecule has 1 heterocycles. The molecule has 0 aliphatic heterocycles. The molecule has 6 heteroatoms. The predicted molar refractivity (Wildman–Crippen MR) is 74.4 cm³/mol. The Morgan fingerprint density at radius 1 is 1.50 bits per heavy atom. The minimum Gasteiger partial charge on any atom is -0.481 e. The average molecular weight is 276 g/mol. The molecule has 1 aromatic rings. The Hall–Kier alpha value is -2.03. The molecule has 0 amide bonds. The summed E-state index contributed by atoms with van der Waals surface area (Å²) in [6.07, 6.45) is 4.86. The quantitative estimate of drug-likeness (QED) is 0.879. The van der Waals surface area contributed by atoms with Crippen LogP contribution in [0, 0.1) is 18.3 Å². The minimum atomic E-state index is -0.809.